The molecule has 1 aliphatic heterocycles. The molecule has 2 aliphatic rings. The van der Waals surface area contributed by atoms with Crippen molar-refractivity contribution in [3.63, 3.8) is 0 Å². The first-order chi connectivity index (χ1) is 14.0. The van der Waals surface area contributed by atoms with E-state index < -0.39 is 12.1 Å². The number of aliphatic hydroxyl groups excluding tert-OH is 1. The van der Waals surface area contributed by atoms with Gasteiger partial charge in [-0.15, -0.1) is 0 Å². The maximum Gasteiger partial charge on any atom is 0.255 e. The Kier molecular flexibility index (Phi) is 5.44. The second-order valence-electron chi connectivity index (χ2n) is 7.70. The maximum atomic E-state index is 12.9. The highest BCUT2D eigenvalue weighted by Crippen LogP contribution is 2.30. The number of carbonyl (C=O) groups is 2. The van der Waals surface area contributed by atoms with Crippen LogP contribution in [0.4, 0.5) is 5.95 Å². The van der Waals surface area contributed by atoms with Gasteiger partial charge in [-0.1, -0.05) is 30.3 Å². The molecular formula is C21H25N5O3. The summed E-state index contributed by atoms with van der Waals surface area (Å²) >= 11 is 0. The SMILES string of the molecule is Nc1ncc(C(=O)N[C@@H]2C[C@H](C(=O)N3CCCC3)C[C@H]2O)c(-c2ccccc2)n1. The van der Waals surface area contributed by atoms with Crippen molar-refractivity contribution >= 4 is 17.8 Å². The lowest BCUT2D eigenvalue weighted by Gasteiger charge is -2.20. The van der Waals surface area contributed by atoms with Crippen LogP contribution in [0, 0.1) is 5.92 Å². The first kappa shape index (κ1) is 19.3. The van der Waals surface area contributed by atoms with E-state index in [1.165, 1.54) is 6.20 Å². The van der Waals surface area contributed by atoms with Gasteiger partial charge in [0.05, 0.1) is 23.4 Å². The lowest BCUT2D eigenvalue weighted by atomic mass is 10.1. The standard InChI is InChI=1S/C21H25N5O3/c22-21-23-12-15(18(25-21)13-6-2-1-3-7-13)19(28)24-16-10-14(11-17(16)27)20(29)26-8-4-5-9-26/h1-3,6-7,12,14,16-17,27H,4-5,8-11H2,(H,24,28)(H2,22,23,25)/t14-,16+,17+/m0/s1. The van der Waals surface area contributed by atoms with Crippen LogP contribution in [0.2, 0.25) is 0 Å². The van der Waals surface area contributed by atoms with Gasteiger partial charge >= 0.3 is 0 Å². The van der Waals surface area contributed by atoms with E-state index in [2.05, 4.69) is 15.3 Å². The number of carbonyl (C=O) groups excluding carboxylic acids is 2. The molecule has 0 unspecified atom stereocenters. The number of hydrogen-bond donors (Lipinski definition) is 3. The highest BCUT2D eigenvalue weighted by Gasteiger charge is 2.40. The minimum atomic E-state index is -0.759. The molecule has 152 valence electrons. The van der Waals surface area contributed by atoms with Gasteiger partial charge in [-0.05, 0) is 25.7 Å². The van der Waals surface area contributed by atoms with E-state index >= 15 is 0 Å². The summed E-state index contributed by atoms with van der Waals surface area (Å²) in [7, 11) is 0. The summed E-state index contributed by atoms with van der Waals surface area (Å²) in [5.74, 6) is -0.483. The van der Waals surface area contributed by atoms with Gasteiger partial charge in [0.2, 0.25) is 11.9 Å². The Morgan fingerprint density at radius 2 is 1.86 bits per heavy atom. The smallest absolute Gasteiger partial charge is 0.255 e. The van der Waals surface area contributed by atoms with E-state index in [4.69, 9.17) is 5.73 Å². The molecule has 0 radical (unpaired) electrons. The van der Waals surface area contributed by atoms with E-state index in [1.54, 1.807) is 0 Å². The molecule has 3 atom stereocenters. The second-order valence-corrected chi connectivity index (χ2v) is 7.70. The van der Waals surface area contributed by atoms with Gasteiger partial charge in [0.1, 0.15) is 0 Å². The molecule has 0 bridgehead atoms. The van der Waals surface area contributed by atoms with Crippen molar-refractivity contribution in [1.29, 1.82) is 0 Å². The molecule has 1 saturated heterocycles. The molecule has 4 N–H and O–H groups in total. The highest BCUT2D eigenvalue weighted by atomic mass is 16.3. The molecule has 1 saturated carbocycles. The number of aliphatic hydroxyl groups is 1. The molecule has 2 fully saturated rings. The summed E-state index contributed by atoms with van der Waals surface area (Å²) < 4.78 is 0. The molecule has 1 aliphatic carbocycles. The van der Waals surface area contributed by atoms with Crippen LogP contribution in [-0.4, -0.2) is 57.0 Å². The van der Waals surface area contributed by atoms with E-state index in [9.17, 15) is 14.7 Å². The van der Waals surface area contributed by atoms with Crippen molar-refractivity contribution in [2.45, 2.75) is 37.8 Å². The molecule has 8 heteroatoms. The molecule has 29 heavy (non-hydrogen) atoms. The number of rotatable bonds is 4. The summed E-state index contributed by atoms with van der Waals surface area (Å²) in [6.07, 6.45) is 3.49. The Hall–Kier alpha value is -3.00. The predicted molar refractivity (Wildman–Crippen MR) is 108 cm³/mol. The Morgan fingerprint density at radius 3 is 2.59 bits per heavy atom. The molecular weight excluding hydrogens is 370 g/mol. The zero-order chi connectivity index (χ0) is 20.4. The summed E-state index contributed by atoms with van der Waals surface area (Å²) in [6, 6.07) is 8.77. The average molecular weight is 395 g/mol. The molecule has 2 heterocycles. The van der Waals surface area contributed by atoms with Crippen LogP contribution >= 0.6 is 0 Å². The van der Waals surface area contributed by atoms with Crippen molar-refractivity contribution in [3.05, 3.63) is 42.1 Å². The lowest BCUT2D eigenvalue weighted by Crippen LogP contribution is -2.40. The maximum absolute atomic E-state index is 12.9. The van der Waals surface area contributed by atoms with Gasteiger partial charge in [0.25, 0.3) is 5.91 Å². The van der Waals surface area contributed by atoms with E-state index in [0.29, 0.717) is 18.5 Å². The van der Waals surface area contributed by atoms with Crippen LogP contribution in [0.5, 0.6) is 0 Å². The Balaban J connectivity index is 1.49. The van der Waals surface area contributed by atoms with Gasteiger partial charge < -0.3 is 21.1 Å². The van der Waals surface area contributed by atoms with Crippen LogP contribution in [0.3, 0.4) is 0 Å². The number of amides is 2. The summed E-state index contributed by atoms with van der Waals surface area (Å²) in [6.45, 7) is 1.57. The third kappa shape index (κ3) is 4.07. The molecule has 4 rings (SSSR count). The number of hydrogen-bond acceptors (Lipinski definition) is 6. The van der Waals surface area contributed by atoms with Crippen molar-refractivity contribution in [3.8, 4) is 11.3 Å². The lowest BCUT2D eigenvalue weighted by molar-refractivity contribution is -0.134. The zero-order valence-corrected chi connectivity index (χ0v) is 16.1. The fourth-order valence-corrected chi connectivity index (χ4v) is 4.19. The zero-order valence-electron chi connectivity index (χ0n) is 16.1. The normalized spacial score (nSPS) is 23.9. The third-order valence-electron chi connectivity index (χ3n) is 5.71. The van der Waals surface area contributed by atoms with E-state index in [1.807, 2.05) is 35.2 Å². The van der Waals surface area contributed by atoms with E-state index in [0.717, 1.165) is 31.5 Å². The minimum absolute atomic E-state index is 0.0811. The fourth-order valence-electron chi connectivity index (χ4n) is 4.19. The largest absolute Gasteiger partial charge is 0.391 e. The molecule has 1 aromatic carbocycles. The van der Waals surface area contributed by atoms with Gasteiger partial charge in [-0.3, -0.25) is 9.59 Å². The van der Waals surface area contributed by atoms with Crippen LogP contribution in [0.25, 0.3) is 11.3 Å². The number of benzene rings is 1. The number of anilines is 1. The fraction of sp³-hybridized carbons (Fsp3) is 0.429. The third-order valence-corrected chi connectivity index (χ3v) is 5.71. The van der Waals surface area contributed by atoms with Crippen LogP contribution in [0.15, 0.2) is 36.5 Å². The molecule has 2 aromatic rings. The van der Waals surface area contributed by atoms with Gasteiger partial charge in [-0.2, -0.15) is 0 Å². The number of nitrogens with one attached hydrogen (secondary N) is 1. The summed E-state index contributed by atoms with van der Waals surface area (Å²) in [5, 5.41) is 13.3. The van der Waals surface area contributed by atoms with Crippen LogP contribution in [-0.2, 0) is 4.79 Å². The van der Waals surface area contributed by atoms with Gasteiger partial charge in [0.15, 0.2) is 0 Å². The summed E-state index contributed by atoms with van der Waals surface area (Å²) in [5.41, 5.74) is 7.20. The Labute approximate surface area is 169 Å². The van der Waals surface area contributed by atoms with Gasteiger partial charge in [0, 0.05) is 30.8 Å². The molecule has 0 spiro atoms. The van der Waals surface area contributed by atoms with Gasteiger partial charge in [-0.25, -0.2) is 9.97 Å². The minimum Gasteiger partial charge on any atom is -0.391 e. The van der Waals surface area contributed by atoms with Crippen molar-refractivity contribution in [2.24, 2.45) is 5.92 Å². The monoisotopic (exact) mass is 395 g/mol. The van der Waals surface area contributed by atoms with Crippen LogP contribution in [0.1, 0.15) is 36.0 Å². The number of nitrogens with two attached hydrogens (primary N) is 1. The predicted octanol–water partition coefficient (Wildman–Crippen LogP) is 1.22. The molecule has 2 amide bonds. The highest BCUT2D eigenvalue weighted by molar-refractivity contribution is 6.00. The van der Waals surface area contributed by atoms with Crippen molar-refractivity contribution in [2.75, 3.05) is 18.8 Å². The number of aromatic nitrogens is 2. The number of nitrogens with zero attached hydrogens (tertiary/aromatic N) is 3. The summed E-state index contributed by atoms with van der Waals surface area (Å²) in [4.78, 5) is 35.6. The Bertz CT molecular complexity index is 898. The van der Waals surface area contributed by atoms with Crippen LogP contribution < -0.4 is 11.1 Å². The first-order valence-electron chi connectivity index (χ1n) is 9.98. The number of likely N-dealkylation sites (tertiary alicyclic amines) is 1. The van der Waals surface area contributed by atoms with Crippen molar-refractivity contribution < 1.29 is 14.7 Å². The average Bonchev–Trinajstić information content (AvgIpc) is 3.38. The van der Waals surface area contributed by atoms with E-state index in [-0.39, 0.29) is 29.2 Å². The Morgan fingerprint density at radius 1 is 1.14 bits per heavy atom. The quantitative estimate of drug-likeness (QED) is 0.716. The second kappa shape index (κ2) is 8.16. The van der Waals surface area contributed by atoms with Crippen molar-refractivity contribution in [1.82, 2.24) is 20.2 Å². The number of nitrogen functional groups attached to an aromatic ring is 1. The molecule has 1 aromatic heterocycles. The molecule has 8 nitrogen and oxygen atoms in total. The first-order valence-corrected chi connectivity index (χ1v) is 9.98. The topological polar surface area (TPSA) is 121 Å².